The van der Waals surface area contributed by atoms with Crippen LogP contribution in [0.5, 0.6) is 0 Å². The van der Waals surface area contributed by atoms with Crippen molar-refractivity contribution in [3.63, 3.8) is 0 Å². The van der Waals surface area contributed by atoms with Crippen molar-refractivity contribution in [3.8, 4) is 0 Å². The Morgan fingerprint density at radius 3 is 2.40 bits per heavy atom. The molecule has 1 unspecified atom stereocenters. The van der Waals surface area contributed by atoms with Crippen LogP contribution >= 0.6 is 0 Å². The number of piperidine rings is 1. The zero-order valence-electron chi connectivity index (χ0n) is 10.8. The fraction of sp³-hybridized carbons (Fsp3) is 0.923. The molecule has 0 spiro atoms. The summed E-state index contributed by atoms with van der Waals surface area (Å²) >= 11 is 0. The summed E-state index contributed by atoms with van der Waals surface area (Å²) in [5, 5.41) is 0. The normalized spacial score (nSPS) is 23.3. The summed E-state index contributed by atoms with van der Waals surface area (Å²) in [6.45, 7) is 12.5. The lowest BCUT2D eigenvalue weighted by Crippen LogP contribution is -2.46. The second-order valence-corrected chi connectivity index (χ2v) is 6.15. The van der Waals surface area contributed by atoms with Gasteiger partial charge >= 0.3 is 0 Å². The van der Waals surface area contributed by atoms with E-state index < -0.39 is 0 Å². The Kier molecular flexibility index (Phi) is 3.80. The molecule has 1 aliphatic rings. The lowest BCUT2D eigenvalue weighted by atomic mass is 9.86. The molecule has 0 aliphatic carbocycles. The molecule has 0 aromatic rings. The van der Waals surface area contributed by atoms with Gasteiger partial charge in [-0.2, -0.15) is 0 Å². The summed E-state index contributed by atoms with van der Waals surface area (Å²) in [4.78, 5) is 14.2. The monoisotopic (exact) mass is 211 g/mol. The molecule has 2 nitrogen and oxygen atoms in total. The summed E-state index contributed by atoms with van der Waals surface area (Å²) < 4.78 is 0. The van der Waals surface area contributed by atoms with Gasteiger partial charge in [0.1, 0.15) is 0 Å². The van der Waals surface area contributed by atoms with Crippen molar-refractivity contribution >= 4 is 5.91 Å². The standard InChI is InChI=1S/C13H25NO/c1-10(2)11-7-6-8-14(9-11)12(15)13(3,4)5/h10-11H,6-9H2,1-5H3. The number of rotatable bonds is 1. The van der Waals surface area contributed by atoms with Crippen molar-refractivity contribution in [2.24, 2.45) is 17.3 Å². The zero-order valence-corrected chi connectivity index (χ0v) is 10.8. The van der Waals surface area contributed by atoms with Crippen LogP contribution in [-0.4, -0.2) is 23.9 Å². The van der Waals surface area contributed by atoms with Crippen LogP contribution in [0.2, 0.25) is 0 Å². The second kappa shape index (κ2) is 4.54. The number of carbonyl (C=O) groups is 1. The van der Waals surface area contributed by atoms with Crippen molar-refractivity contribution in [2.45, 2.75) is 47.5 Å². The molecular formula is C13H25NO. The van der Waals surface area contributed by atoms with E-state index in [-0.39, 0.29) is 5.41 Å². The highest BCUT2D eigenvalue weighted by atomic mass is 16.2. The quantitative estimate of drug-likeness (QED) is 0.653. The van der Waals surface area contributed by atoms with Crippen LogP contribution in [0.25, 0.3) is 0 Å². The molecule has 1 saturated heterocycles. The third kappa shape index (κ3) is 3.22. The molecule has 1 amide bonds. The number of hydrogen-bond donors (Lipinski definition) is 0. The van der Waals surface area contributed by atoms with E-state index in [0.717, 1.165) is 13.1 Å². The van der Waals surface area contributed by atoms with Gasteiger partial charge in [0.2, 0.25) is 5.91 Å². The lowest BCUT2D eigenvalue weighted by Gasteiger charge is -2.38. The molecular weight excluding hydrogens is 186 g/mol. The maximum atomic E-state index is 12.1. The van der Waals surface area contributed by atoms with Crippen molar-refractivity contribution < 1.29 is 4.79 Å². The maximum Gasteiger partial charge on any atom is 0.227 e. The Bertz CT molecular complexity index is 227. The fourth-order valence-electron chi connectivity index (χ4n) is 2.21. The van der Waals surface area contributed by atoms with Crippen LogP contribution in [-0.2, 0) is 4.79 Å². The van der Waals surface area contributed by atoms with Crippen LogP contribution in [0, 0.1) is 17.3 Å². The summed E-state index contributed by atoms with van der Waals surface area (Å²) in [5.41, 5.74) is -0.223. The first kappa shape index (κ1) is 12.5. The number of hydrogen-bond acceptors (Lipinski definition) is 1. The largest absolute Gasteiger partial charge is 0.342 e. The van der Waals surface area contributed by atoms with Crippen molar-refractivity contribution in [1.82, 2.24) is 4.90 Å². The van der Waals surface area contributed by atoms with E-state index >= 15 is 0 Å². The van der Waals surface area contributed by atoms with Gasteiger partial charge in [0, 0.05) is 18.5 Å². The second-order valence-electron chi connectivity index (χ2n) is 6.15. The average molecular weight is 211 g/mol. The lowest BCUT2D eigenvalue weighted by molar-refractivity contribution is -0.141. The van der Waals surface area contributed by atoms with Gasteiger partial charge < -0.3 is 4.90 Å². The Labute approximate surface area is 94.0 Å². The van der Waals surface area contributed by atoms with E-state index in [1.807, 2.05) is 20.8 Å². The molecule has 2 heteroatoms. The Hall–Kier alpha value is -0.530. The Morgan fingerprint density at radius 2 is 1.93 bits per heavy atom. The summed E-state index contributed by atoms with van der Waals surface area (Å²) in [7, 11) is 0. The molecule has 0 saturated carbocycles. The minimum absolute atomic E-state index is 0.223. The van der Waals surface area contributed by atoms with Gasteiger partial charge in [0.15, 0.2) is 0 Å². The average Bonchev–Trinajstić information content (AvgIpc) is 2.15. The van der Waals surface area contributed by atoms with E-state index in [1.54, 1.807) is 0 Å². The Morgan fingerprint density at radius 1 is 1.33 bits per heavy atom. The maximum absolute atomic E-state index is 12.1. The summed E-state index contributed by atoms with van der Waals surface area (Å²) in [5.74, 6) is 1.71. The third-order valence-electron chi connectivity index (χ3n) is 3.33. The molecule has 1 heterocycles. The zero-order chi connectivity index (χ0) is 11.6. The van der Waals surface area contributed by atoms with Gasteiger partial charge in [-0.25, -0.2) is 0 Å². The van der Waals surface area contributed by atoms with E-state index in [9.17, 15) is 4.79 Å². The summed E-state index contributed by atoms with van der Waals surface area (Å²) in [6, 6.07) is 0. The SMILES string of the molecule is CC(C)C1CCCN(C(=O)C(C)(C)C)C1. The minimum atomic E-state index is -0.223. The highest BCUT2D eigenvalue weighted by molar-refractivity contribution is 5.81. The minimum Gasteiger partial charge on any atom is -0.342 e. The first-order chi connectivity index (χ1) is 6.82. The number of amides is 1. The van der Waals surface area contributed by atoms with Gasteiger partial charge in [-0.3, -0.25) is 4.79 Å². The van der Waals surface area contributed by atoms with Crippen LogP contribution in [0.4, 0.5) is 0 Å². The molecule has 0 N–H and O–H groups in total. The molecule has 0 aromatic heterocycles. The van der Waals surface area contributed by atoms with E-state index in [1.165, 1.54) is 12.8 Å². The van der Waals surface area contributed by atoms with Crippen molar-refractivity contribution in [3.05, 3.63) is 0 Å². The van der Waals surface area contributed by atoms with Crippen molar-refractivity contribution in [1.29, 1.82) is 0 Å². The van der Waals surface area contributed by atoms with E-state index in [2.05, 4.69) is 18.7 Å². The molecule has 0 radical (unpaired) electrons. The number of likely N-dealkylation sites (tertiary alicyclic amines) is 1. The van der Waals surface area contributed by atoms with Gasteiger partial charge in [-0.1, -0.05) is 34.6 Å². The van der Waals surface area contributed by atoms with Crippen LogP contribution < -0.4 is 0 Å². The van der Waals surface area contributed by atoms with E-state index in [4.69, 9.17) is 0 Å². The smallest absolute Gasteiger partial charge is 0.227 e. The number of nitrogens with zero attached hydrogens (tertiary/aromatic N) is 1. The fourth-order valence-corrected chi connectivity index (χ4v) is 2.21. The molecule has 0 bridgehead atoms. The third-order valence-corrected chi connectivity index (χ3v) is 3.33. The van der Waals surface area contributed by atoms with Crippen LogP contribution in [0.3, 0.4) is 0 Å². The van der Waals surface area contributed by atoms with Gasteiger partial charge in [-0.15, -0.1) is 0 Å². The predicted molar refractivity (Wildman–Crippen MR) is 63.6 cm³/mol. The molecule has 1 aliphatic heterocycles. The highest BCUT2D eigenvalue weighted by Gasteiger charge is 2.31. The van der Waals surface area contributed by atoms with Gasteiger partial charge in [-0.05, 0) is 24.7 Å². The van der Waals surface area contributed by atoms with Crippen LogP contribution in [0.1, 0.15) is 47.5 Å². The van der Waals surface area contributed by atoms with Gasteiger partial charge in [0.25, 0.3) is 0 Å². The topological polar surface area (TPSA) is 20.3 Å². The predicted octanol–water partition coefficient (Wildman–Crippen LogP) is 2.93. The first-order valence-corrected chi connectivity index (χ1v) is 6.11. The van der Waals surface area contributed by atoms with Gasteiger partial charge in [0.05, 0.1) is 0 Å². The van der Waals surface area contributed by atoms with Crippen molar-refractivity contribution in [2.75, 3.05) is 13.1 Å². The molecule has 88 valence electrons. The summed E-state index contributed by atoms with van der Waals surface area (Å²) in [6.07, 6.45) is 2.45. The molecule has 1 fully saturated rings. The first-order valence-electron chi connectivity index (χ1n) is 6.11. The molecule has 1 atom stereocenters. The van der Waals surface area contributed by atoms with Crippen LogP contribution in [0.15, 0.2) is 0 Å². The number of carbonyl (C=O) groups excluding carboxylic acids is 1. The highest BCUT2D eigenvalue weighted by Crippen LogP contribution is 2.27. The molecule has 1 rings (SSSR count). The Balaban J connectivity index is 2.60. The molecule has 0 aromatic carbocycles. The molecule has 15 heavy (non-hydrogen) atoms. The van der Waals surface area contributed by atoms with E-state index in [0.29, 0.717) is 17.7 Å².